The van der Waals surface area contributed by atoms with Gasteiger partial charge in [-0.25, -0.2) is 13.1 Å². The van der Waals surface area contributed by atoms with Crippen molar-refractivity contribution in [1.29, 1.82) is 0 Å². The van der Waals surface area contributed by atoms with Gasteiger partial charge in [-0.2, -0.15) is 0 Å². The summed E-state index contributed by atoms with van der Waals surface area (Å²) in [5.74, 6) is 0.358. The Kier molecular flexibility index (Phi) is 5.32. The molecule has 0 spiro atoms. The summed E-state index contributed by atoms with van der Waals surface area (Å²) in [7, 11) is -3.58. The van der Waals surface area contributed by atoms with Gasteiger partial charge >= 0.3 is 0 Å². The van der Waals surface area contributed by atoms with E-state index in [0.717, 1.165) is 26.1 Å². The van der Waals surface area contributed by atoms with Gasteiger partial charge in [-0.05, 0) is 31.5 Å². The van der Waals surface area contributed by atoms with Crippen molar-refractivity contribution in [2.45, 2.75) is 18.2 Å². The van der Waals surface area contributed by atoms with Crippen LogP contribution in [0.25, 0.3) is 0 Å². The lowest BCUT2D eigenvalue weighted by molar-refractivity contribution is 0.342. The van der Waals surface area contributed by atoms with Crippen molar-refractivity contribution in [2.24, 2.45) is 11.7 Å². The average molecular weight is 327 g/mol. The van der Waals surface area contributed by atoms with Gasteiger partial charge in [0.25, 0.3) is 0 Å². The first-order valence-electron chi connectivity index (χ1n) is 7.05. The van der Waals surface area contributed by atoms with E-state index >= 15 is 0 Å². The summed E-state index contributed by atoms with van der Waals surface area (Å²) in [4.78, 5) is 2.57. The molecule has 1 fully saturated rings. The number of hydrogen-bond acceptors (Lipinski definition) is 4. The molecule has 1 aromatic carbocycles. The van der Waals surface area contributed by atoms with E-state index in [2.05, 4.69) is 16.5 Å². The van der Waals surface area contributed by atoms with Crippen molar-refractivity contribution < 1.29 is 8.42 Å². The molecular weight excluding hydrogens is 306 g/mol. The summed E-state index contributed by atoms with van der Waals surface area (Å²) in [5.41, 5.74) is 5.99. The lowest BCUT2D eigenvalue weighted by Gasteiger charge is -2.15. The highest BCUT2D eigenvalue weighted by atomic mass is 32.2. The largest absolute Gasteiger partial charge is 0.389 e. The van der Waals surface area contributed by atoms with E-state index in [9.17, 15) is 8.42 Å². The van der Waals surface area contributed by atoms with Crippen LogP contribution < -0.4 is 10.5 Å². The second-order valence-corrected chi connectivity index (χ2v) is 7.44. The standard InChI is InChI=1S/C14H21N3O2S2/c1-2-17-8-7-11(10-17)9-16-21(18,19)13-6-4-3-5-12(13)14(15)20/h3-6,11,16H,2,7-10H2,1H3,(H2,15,20). The molecule has 0 aliphatic carbocycles. The number of nitrogens with two attached hydrogens (primary N) is 1. The Labute approximate surface area is 131 Å². The normalized spacial score (nSPS) is 19.8. The monoisotopic (exact) mass is 327 g/mol. The third kappa shape index (κ3) is 4.00. The molecule has 0 bridgehead atoms. The second kappa shape index (κ2) is 6.83. The minimum absolute atomic E-state index is 0.0917. The molecule has 21 heavy (non-hydrogen) atoms. The van der Waals surface area contributed by atoms with Gasteiger partial charge in [-0.1, -0.05) is 37.3 Å². The van der Waals surface area contributed by atoms with Gasteiger partial charge in [0, 0.05) is 18.7 Å². The zero-order valence-corrected chi connectivity index (χ0v) is 13.7. The minimum Gasteiger partial charge on any atom is -0.389 e. The molecule has 5 nitrogen and oxygen atoms in total. The second-order valence-electron chi connectivity index (χ2n) is 5.26. The van der Waals surface area contributed by atoms with Gasteiger partial charge in [0.1, 0.15) is 4.99 Å². The lowest BCUT2D eigenvalue weighted by atomic mass is 10.1. The fourth-order valence-corrected chi connectivity index (χ4v) is 4.15. The number of sulfonamides is 1. The van der Waals surface area contributed by atoms with Gasteiger partial charge in [0.2, 0.25) is 10.0 Å². The molecule has 0 radical (unpaired) electrons. The Hall–Kier alpha value is -1.02. The first-order valence-corrected chi connectivity index (χ1v) is 8.94. The summed E-state index contributed by atoms with van der Waals surface area (Å²) in [6.07, 6.45) is 1.02. The maximum Gasteiger partial charge on any atom is 0.241 e. The van der Waals surface area contributed by atoms with Crippen molar-refractivity contribution >= 4 is 27.2 Å². The molecule has 0 saturated carbocycles. The van der Waals surface area contributed by atoms with Crippen LogP contribution in [0.15, 0.2) is 29.2 Å². The number of benzene rings is 1. The van der Waals surface area contributed by atoms with Gasteiger partial charge in [-0.15, -0.1) is 0 Å². The van der Waals surface area contributed by atoms with Crippen LogP contribution in [-0.2, 0) is 10.0 Å². The summed E-state index contributed by atoms with van der Waals surface area (Å²) < 4.78 is 27.5. The van der Waals surface area contributed by atoms with Gasteiger partial charge in [0.05, 0.1) is 4.90 Å². The lowest BCUT2D eigenvalue weighted by Crippen LogP contribution is -2.32. The average Bonchev–Trinajstić information content (AvgIpc) is 2.93. The molecule has 1 aliphatic heterocycles. The first kappa shape index (κ1) is 16.4. The van der Waals surface area contributed by atoms with Crippen LogP contribution in [0.2, 0.25) is 0 Å². The predicted octanol–water partition coefficient (Wildman–Crippen LogP) is 0.941. The molecule has 1 aromatic rings. The van der Waals surface area contributed by atoms with Crippen molar-refractivity contribution in [3.63, 3.8) is 0 Å². The Morgan fingerprint density at radius 2 is 2.19 bits per heavy atom. The first-order chi connectivity index (χ1) is 9.94. The maximum absolute atomic E-state index is 12.4. The van der Waals surface area contributed by atoms with E-state index in [1.54, 1.807) is 18.2 Å². The molecule has 1 aliphatic rings. The molecule has 0 amide bonds. The Morgan fingerprint density at radius 3 is 2.81 bits per heavy atom. The van der Waals surface area contributed by atoms with Crippen molar-refractivity contribution in [3.05, 3.63) is 29.8 Å². The van der Waals surface area contributed by atoms with Crippen LogP contribution in [0.3, 0.4) is 0 Å². The third-order valence-corrected chi connectivity index (χ3v) is 5.52. The molecular formula is C14H21N3O2S2. The van der Waals surface area contributed by atoms with E-state index < -0.39 is 10.0 Å². The molecule has 7 heteroatoms. The molecule has 0 aromatic heterocycles. The van der Waals surface area contributed by atoms with E-state index in [1.807, 2.05) is 0 Å². The number of likely N-dealkylation sites (tertiary alicyclic amines) is 1. The SMILES string of the molecule is CCN1CCC(CNS(=O)(=O)c2ccccc2C(N)=S)C1. The number of nitrogens with zero attached hydrogens (tertiary/aromatic N) is 1. The van der Waals surface area contributed by atoms with Gasteiger partial charge in [-0.3, -0.25) is 0 Å². The molecule has 116 valence electrons. The van der Waals surface area contributed by atoms with Gasteiger partial charge in [0.15, 0.2) is 0 Å². The van der Waals surface area contributed by atoms with Crippen LogP contribution in [0, 0.1) is 5.92 Å². The summed E-state index contributed by atoms with van der Waals surface area (Å²) in [6, 6.07) is 6.56. The van der Waals surface area contributed by atoms with Gasteiger partial charge < -0.3 is 10.6 Å². The highest BCUT2D eigenvalue weighted by Gasteiger charge is 2.24. The maximum atomic E-state index is 12.4. The minimum atomic E-state index is -3.58. The molecule has 1 heterocycles. The molecule has 1 atom stereocenters. The van der Waals surface area contributed by atoms with Crippen molar-refractivity contribution in [3.8, 4) is 0 Å². The van der Waals surface area contributed by atoms with Crippen LogP contribution in [-0.4, -0.2) is 44.5 Å². The molecule has 1 unspecified atom stereocenters. The summed E-state index contributed by atoms with van der Waals surface area (Å²) >= 11 is 4.92. The predicted molar refractivity (Wildman–Crippen MR) is 87.7 cm³/mol. The quantitative estimate of drug-likeness (QED) is 0.761. The number of hydrogen-bond donors (Lipinski definition) is 2. The van der Waals surface area contributed by atoms with Crippen LogP contribution >= 0.6 is 12.2 Å². The van der Waals surface area contributed by atoms with Crippen LogP contribution in [0.5, 0.6) is 0 Å². The highest BCUT2D eigenvalue weighted by molar-refractivity contribution is 7.89. The molecule has 3 N–H and O–H groups in total. The number of rotatable bonds is 6. The smallest absolute Gasteiger partial charge is 0.241 e. The Balaban J connectivity index is 2.07. The topological polar surface area (TPSA) is 75.4 Å². The van der Waals surface area contributed by atoms with E-state index in [1.165, 1.54) is 6.07 Å². The number of nitrogens with one attached hydrogen (secondary N) is 1. The van der Waals surface area contributed by atoms with Crippen molar-refractivity contribution in [1.82, 2.24) is 9.62 Å². The van der Waals surface area contributed by atoms with E-state index in [0.29, 0.717) is 18.0 Å². The Bertz CT molecular complexity index is 616. The summed E-state index contributed by atoms with van der Waals surface area (Å²) in [6.45, 7) is 5.55. The van der Waals surface area contributed by atoms with E-state index in [4.69, 9.17) is 18.0 Å². The Morgan fingerprint density at radius 1 is 1.48 bits per heavy atom. The third-order valence-electron chi connectivity index (χ3n) is 3.82. The fraction of sp³-hybridized carbons (Fsp3) is 0.500. The van der Waals surface area contributed by atoms with Crippen molar-refractivity contribution in [2.75, 3.05) is 26.2 Å². The zero-order chi connectivity index (χ0) is 15.5. The number of thiocarbonyl (C=S) groups is 1. The summed E-state index contributed by atoms with van der Waals surface area (Å²) in [5, 5.41) is 0. The zero-order valence-electron chi connectivity index (χ0n) is 12.1. The van der Waals surface area contributed by atoms with E-state index in [-0.39, 0.29) is 9.88 Å². The molecule has 1 saturated heterocycles. The van der Waals surface area contributed by atoms with Crippen LogP contribution in [0.4, 0.5) is 0 Å². The van der Waals surface area contributed by atoms with Crippen LogP contribution in [0.1, 0.15) is 18.9 Å². The molecule has 2 rings (SSSR count). The highest BCUT2D eigenvalue weighted by Crippen LogP contribution is 2.18. The fourth-order valence-electron chi connectivity index (χ4n) is 2.58.